The van der Waals surface area contributed by atoms with Gasteiger partial charge in [-0.1, -0.05) is 0 Å². The number of aryl methyl sites for hydroxylation is 1. The molecule has 2 saturated heterocycles. The standard InChI is InChI=1S/C20H29N9O2/c1-28-11-15(9-24-28)25-19-17(18(21)30)23-10-16(27-19)29-8-2-3-14(12-29)26-20(31)13-4-6-22-7-5-13/h9-11,13-14,22H,2-8,12H2,1H3,(H2,21,30)(H,25,27)(H,26,31). The molecular formula is C20H29N9O2. The fourth-order valence-electron chi connectivity index (χ4n) is 4.13. The Labute approximate surface area is 180 Å². The van der Waals surface area contributed by atoms with Gasteiger partial charge in [-0.15, -0.1) is 0 Å². The quantitative estimate of drug-likeness (QED) is 0.510. The van der Waals surface area contributed by atoms with Gasteiger partial charge in [0.15, 0.2) is 11.5 Å². The van der Waals surface area contributed by atoms with Crippen LogP contribution in [0.25, 0.3) is 0 Å². The van der Waals surface area contributed by atoms with Crippen molar-refractivity contribution in [1.29, 1.82) is 0 Å². The van der Waals surface area contributed by atoms with Gasteiger partial charge in [0.2, 0.25) is 5.91 Å². The number of carbonyl (C=O) groups excluding carboxylic acids is 2. The number of nitrogens with one attached hydrogen (secondary N) is 3. The maximum atomic E-state index is 12.6. The number of hydrogen-bond acceptors (Lipinski definition) is 8. The maximum Gasteiger partial charge on any atom is 0.271 e. The van der Waals surface area contributed by atoms with Crippen LogP contribution >= 0.6 is 0 Å². The van der Waals surface area contributed by atoms with Gasteiger partial charge in [0.05, 0.1) is 18.1 Å². The summed E-state index contributed by atoms with van der Waals surface area (Å²) in [4.78, 5) is 35.4. The van der Waals surface area contributed by atoms with Gasteiger partial charge in [-0.25, -0.2) is 9.97 Å². The molecule has 4 rings (SSSR count). The second-order valence-electron chi connectivity index (χ2n) is 8.14. The van der Waals surface area contributed by atoms with Crippen molar-refractivity contribution in [3.8, 4) is 0 Å². The number of anilines is 3. The summed E-state index contributed by atoms with van der Waals surface area (Å²) in [5, 5.41) is 13.7. The van der Waals surface area contributed by atoms with Crippen LogP contribution in [0.3, 0.4) is 0 Å². The Balaban J connectivity index is 1.46. The molecule has 166 valence electrons. The van der Waals surface area contributed by atoms with E-state index in [1.54, 1.807) is 30.3 Å². The second kappa shape index (κ2) is 9.29. The Bertz CT molecular complexity index is 938. The summed E-state index contributed by atoms with van der Waals surface area (Å²) < 4.78 is 1.64. The minimum absolute atomic E-state index is 0.0588. The highest BCUT2D eigenvalue weighted by atomic mass is 16.2. The Kier molecular flexibility index (Phi) is 6.31. The molecule has 5 N–H and O–H groups in total. The SMILES string of the molecule is Cn1cc(Nc2nc(N3CCCC(NC(=O)C4CCNCC4)C3)cnc2C(N)=O)cn1. The van der Waals surface area contributed by atoms with Crippen molar-refractivity contribution in [2.75, 3.05) is 36.4 Å². The van der Waals surface area contributed by atoms with Gasteiger partial charge in [0.25, 0.3) is 5.91 Å². The van der Waals surface area contributed by atoms with Crippen LogP contribution in [0.15, 0.2) is 18.6 Å². The van der Waals surface area contributed by atoms with Gasteiger partial charge in [-0.2, -0.15) is 5.10 Å². The second-order valence-corrected chi connectivity index (χ2v) is 8.14. The molecule has 0 aliphatic carbocycles. The first-order valence-electron chi connectivity index (χ1n) is 10.7. The lowest BCUT2D eigenvalue weighted by Crippen LogP contribution is -2.50. The minimum Gasteiger partial charge on any atom is -0.364 e. The summed E-state index contributed by atoms with van der Waals surface area (Å²) in [7, 11) is 1.80. The summed E-state index contributed by atoms with van der Waals surface area (Å²) in [6.45, 7) is 3.23. The first-order chi connectivity index (χ1) is 15.0. The molecule has 0 aromatic carbocycles. The molecule has 2 fully saturated rings. The molecule has 0 bridgehead atoms. The number of piperidine rings is 2. The molecule has 2 aliphatic rings. The number of primary amides is 1. The van der Waals surface area contributed by atoms with Gasteiger partial charge >= 0.3 is 0 Å². The average Bonchev–Trinajstić information content (AvgIpc) is 3.19. The van der Waals surface area contributed by atoms with Crippen LogP contribution in [0.1, 0.15) is 36.2 Å². The van der Waals surface area contributed by atoms with E-state index >= 15 is 0 Å². The summed E-state index contributed by atoms with van der Waals surface area (Å²) in [5.74, 6) is 0.497. The average molecular weight is 428 g/mol. The van der Waals surface area contributed by atoms with Gasteiger partial charge in [0.1, 0.15) is 5.82 Å². The summed E-state index contributed by atoms with van der Waals surface area (Å²) in [5.41, 5.74) is 6.23. The lowest BCUT2D eigenvalue weighted by Gasteiger charge is -2.35. The molecule has 0 radical (unpaired) electrons. The Morgan fingerprint density at radius 2 is 2.03 bits per heavy atom. The normalized spacial score (nSPS) is 19.8. The highest BCUT2D eigenvalue weighted by Gasteiger charge is 2.27. The maximum absolute atomic E-state index is 12.6. The van der Waals surface area contributed by atoms with E-state index in [2.05, 4.69) is 35.9 Å². The monoisotopic (exact) mass is 427 g/mol. The third-order valence-corrected chi connectivity index (χ3v) is 5.76. The zero-order valence-electron chi connectivity index (χ0n) is 17.7. The zero-order chi connectivity index (χ0) is 21.8. The largest absolute Gasteiger partial charge is 0.364 e. The van der Waals surface area contributed by atoms with Crippen LogP contribution in [0.2, 0.25) is 0 Å². The number of carbonyl (C=O) groups is 2. The van der Waals surface area contributed by atoms with Crippen LogP contribution in [-0.4, -0.2) is 63.8 Å². The molecule has 2 aliphatic heterocycles. The van der Waals surface area contributed by atoms with E-state index < -0.39 is 5.91 Å². The molecule has 2 aromatic heterocycles. The van der Waals surface area contributed by atoms with E-state index in [0.717, 1.165) is 45.3 Å². The molecule has 1 unspecified atom stereocenters. The number of rotatable bonds is 6. The van der Waals surface area contributed by atoms with Crippen LogP contribution in [0, 0.1) is 5.92 Å². The van der Waals surface area contributed by atoms with E-state index in [0.29, 0.717) is 23.9 Å². The molecule has 1 atom stereocenters. The molecular weight excluding hydrogens is 398 g/mol. The highest BCUT2D eigenvalue weighted by Crippen LogP contribution is 2.23. The van der Waals surface area contributed by atoms with E-state index in [4.69, 9.17) is 5.73 Å². The number of aromatic nitrogens is 4. The van der Waals surface area contributed by atoms with Crippen molar-refractivity contribution in [2.45, 2.75) is 31.7 Å². The number of nitrogens with zero attached hydrogens (tertiary/aromatic N) is 5. The third kappa shape index (κ3) is 5.10. The molecule has 0 saturated carbocycles. The summed E-state index contributed by atoms with van der Waals surface area (Å²) in [6.07, 6.45) is 8.59. The minimum atomic E-state index is -0.656. The Morgan fingerprint density at radius 3 is 2.74 bits per heavy atom. The molecule has 31 heavy (non-hydrogen) atoms. The number of amides is 2. The van der Waals surface area contributed by atoms with Gasteiger partial charge in [0, 0.05) is 38.3 Å². The van der Waals surface area contributed by atoms with Gasteiger partial charge in [-0.05, 0) is 38.8 Å². The topological polar surface area (TPSA) is 143 Å². The van der Waals surface area contributed by atoms with Crippen molar-refractivity contribution in [1.82, 2.24) is 30.4 Å². The van der Waals surface area contributed by atoms with Gasteiger partial charge in [-0.3, -0.25) is 14.3 Å². The van der Waals surface area contributed by atoms with Crippen molar-refractivity contribution in [2.24, 2.45) is 18.7 Å². The molecule has 0 spiro atoms. The number of nitrogens with two attached hydrogens (primary N) is 1. The fraction of sp³-hybridized carbons (Fsp3) is 0.550. The Morgan fingerprint density at radius 1 is 1.23 bits per heavy atom. The van der Waals surface area contributed by atoms with E-state index in [9.17, 15) is 9.59 Å². The van der Waals surface area contributed by atoms with E-state index in [1.165, 1.54) is 0 Å². The lowest BCUT2D eigenvalue weighted by atomic mass is 9.96. The fourth-order valence-corrected chi connectivity index (χ4v) is 4.13. The number of hydrogen-bond donors (Lipinski definition) is 4. The predicted octanol–water partition coefficient (Wildman–Crippen LogP) is 0.137. The van der Waals surface area contributed by atoms with Crippen LogP contribution in [0.5, 0.6) is 0 Å². The van der Waals surface area contributed by atoms with E-state index in [1.807, 2.05) is 0 Å². The van der Waals surface area contributed by atoms with Crippen molar-refractivity contribution in [3.05, 3.63) is 24.3 Å². The van der Waals surface area contributed by atoms with Gasteiger partial charge < -0.3 is 26.6 Å². The van der Waals surface area contributed by atoms with Crippen molar-refractivity contribution < 1.29 is 9.59 Å². The Hall–Kier alpha value is -3.21. The van der Waals surface area contributed by atoms with Crippen molar-refractivity contribution in [3.63, 3.8) is 0 Å². The third-order valence-electron chi connectivity index (χ3n) is 5.76. The summed E-state index contributed by atoms with van der Waals surface area (Å²) in [6, 6.07) is 0.0588. The highest BCUT2D eigenvalue weighted by molar-refractivity contribution is 5.96. The van der Waals surface area contributed by atoms with E-state index in [-0.39, 0.29) is 23.6 Å². The first-order valence-corrected chi connectivity index (χ1v) is 10.7. The first kappa shape index (κ1) is 21.0. The van der Waals surface area contributed by atoms with Crippen LogP contribution in [0.4, 0.5) is 17.3 Å². The lowest BCUT2D eigenvalue weighted by molar-refractivity contribution is -0.126. The molecule has 2 amide bonds. The predicted molar refractivity (Wildman–Crippen MR) is 116 cm³/mol. The van der Waals surface area contributed by atoms with Crippen LogP contribution < -0.4 is 26.6 Å². The zero-order valence-corrected chi connectivity index (χ0v) is 17.7. The molecule has 2 aromatic rings. The molecule has 4 heterocycles. The van der Waals surface area contributed by atoms with Crippen molar-refractivity contribution >= 4 is 29.1 Å². The summed E-state index contributed by atoms with van der Waals surface area (Å²) >= 11 is 0. The smallest absolute Gasteiger partial charge is 0.271 e. The molecule has 11 heteroatoms. The molecule has 11 nitrogen and oxygen atoms in total. The van der Waals surface area contributed by atoms with Crippen LogP contribution in [-0.2, 0) is 11.8 Å².